The van der Waals surface area contributed by atoms with Gasteiger partial charge in [0, 0.05) is 12.1 Å². The lowest BCUT2D eigenvalue weighted by molar-refractivity contribution is -0.385. The molecule has 0 radical (unpaired) electrons. The molecule has 0 spiro atoms. The molecule has 1 rings (SSSR count). The van der Waals surface area contributed by atoms with Crippen LogP contribution in [-0.2, 0) is 9.53 Å². The standard InChI is InChI=1S/C13H16N2O6/c1-8(2)14-12(16)7-21-13(17)9-4-5-11(20-3)10(6-9)15(18)19/h4-6,8H,7H2,1-3H3,(H,14,16). The highest BCUT2D eigenvalue weighted by atomic mass is 16.6. The average Bonchev–Trinajstić information content (AvgIpc) is 2.43. The first-order valence-electron chi connectivity index (χ1n) is 6.14. The molecule has 0 aliphatic carbocycles. The van der Waals surface area contributed by atoms with Crippen LogP contribution in [0.15, 0.2) is 18.2 Å². The Labute approximate surface area is 121 Å². The smallest absolute Gasteiger partial charge is 0.338 e. The van der Waals surface area contributed by atoms with Crippen LogP contribution in [0.2, 0.25) is 0 Å². The van der Waals surface area contributed by atoms with Crippen LogP contribution in [-0.4, -0.2) is 36.6 Å². The summed E-state index contributed by atoms with van der Waals surface area (Å²) in [5, 5.41) is 13.4. The van der Waals surface area contributed by atoms with Gasteiger partial charge in [-0.15, -0.1) is 0 Å². The van der Waals surface area contributed by atoms with Crippen molar-refractivity contribution < 1.29 is 24.0 Å². The Bertz CT molecular complexity index is 556. The van der Waals surface area contributed by atoms with E-state index >= 15 is 0 Å². The van der Waals surface area contributed by atoms with Crippen molar-refractivity contribution in [3.8, 4) is 5.75 Å². The maximum atomic E-state index is 11.7. The third kappa shape index (κ3) is 4.75. The third-order valence-electron chi connectivity index (χ3n) is 2.40. The molecular weight excluding hydrogens is 280 g/mol. The number of nitro groups is 1. The van der Waals surface area contributed by atoms with Crippen molar-refractivity contribution in [2.24, 2.45) is 0 Å². The number of esters is 1. The number of nitrogens with one attached hydrogen (secondary N) is 1. The summed E-state index contributed by atoms with van der Waals surface area (Å²) in [6.45, 7) is 3.09. The van der Waals surface area contributed by atoms with Gasteiger partial charge in [-0.25, -0.2) is 4.79 Å². The fourth-order valence-electron chi connectivity index (χ4n) is 1.54. The number of benzene rings is 1. The summed E-state index contributed by atoms with van der Waals surface area (Å²) in [4.78, 5) is 33.3. The highest BCUT2D eigenvalue weighted by molar-refractivity contribution is 5.92. The molecule has 114 valence electrons. The lowest BCUT2D eigenvalue weighted by atomic mass is 10.2. The fraction of sp³-hybridized carbons (Fsp3) is 0.385. The number of carbonyl (C=O) groups excluding carboxylic acids is 2. The molecule has 8 heteroatoms. The highest BCUT2D eigenvalue weighted by Gasteiger charge is 2.19. The van der Waals surface area contributed by atoms with Gasteiger partial charge in [0.15, 0.2) is 12.4 Å². The number of rotatable bonds is 6. The maximum absolute atomic E-state index is 11.7. The van der Waals surface area contributed by atoms with E-state index in [0.29, 0.717) is 0 Å². The molecule has 0 saturated heterocycles. The molecule has 0 bridgehead atoms. The van der Waals surface area contributed by atoms with Crippen LogP contribution in [0.5, 0.6) is 5.75 Å². The zero-order chi connectivity index (χ0) is 16.0. The van der Waals surface area contributed by atoms with Crippen molar-refractivity contribution in [2.45, 2.75) is 19.9 Å². The molecule has 1 N–H and O–H groups in total. The van der Waals surface area contributed by atoms with Crippen LogP contribution in [0, 0.1) is 10.1 Å². The Morgan fingerprint density at radius 2 is 2.05 bits per heavy atom. The topological polar surface area (TPSA) is 108 Å². The predicted molar refractivity (Wildman–Crippen MR) is 73.2 cm³/mol. The summed E-state index contributed by atoms with van der Waals surface area (Å²) in [5.41, 5.74) is -0.376. The van der Waals surface area contributed by atoms with Gasteiger partial charge in [-0.05, 0) is 26.0 Å². The molecule has 8 nitrogen and oxygen atoms in total. The first-order chi connectivity index (χ1) is 9.85. The number of ether oxygens (including phenoxy) is 2. The van der Waals surface area contributed by atoms with Crippen molar-refractivity contribution in [3.05, 3.63) is 33.9 Å². The van der Waals surface area contributed by atoms with Crippen LogP contribution in [0.4, 0.5) is 5.69 Å². The molecule has 0 aromatic heterocycles. The zero-order valence-corrected chi connectivity index (χ0v) is 11.9. The molecule has 21 heavy (non-hydrogen) atoms. The Morgan fingerprint density at radius 3 is 2.57 bits per heavy atom. The second-order valence-corrected chi connectivity index (χ2v) is 4.44. The molecule has 0 aliphatic heterocycles. The monoisotopic (exact) mass is 296 g/mol. The molecule has 0 unspecified atom stereocenters. The number of methoxy groups -OCH3 is 1. The highest BCUT2D eigenvalue weighted by Crippen LogP contribution is 2.27. The summed E-state index contributed by atoms with van der Waals surface area (Å²) in [6.07, 6.45) is 0. The number of nitrogens with zero attached hydrogens (tertiary/aromatic N) is 1. The van der Waals surface area contributed by atoms with E-state index in [1.54, 1.807) is 13.8 Å². The van der Waals surface area contributed by atoms with Crippen LogP contribution in [0.25, 0.3) is 0 Å². The minimum absolute atomic E-state index is 0.0279. The second-order valence-electron chi connectivity index (χ2n) is 4.44. The van der Waals surface area contributed by atoms with Gasteiger partial charge in [0.05, 0.1) is 17.6 Å². The first-order valence-corrected chi connectivity index (χ1v) is 6.14. The molecule has 0 fully saturated rings. The van der Waals surface area contributed by atoms with E-state index in [2.05, 4.69) is 5.32 Å². The lowest BCUT2D eigenvalue weighted by Crippen LogP contribution is -2.33. The largest absolute Gasteiger partial charge is 0.490 e. The summed E-state index contributed by atoms with van der Waals surface area (Å²) in [6, 6.07) is 3.59. The van der Waals surface area contributed by atoms with Crippen molar-refractivity contribution >= 4 is 17.6 Å². The number of amides is 1. The molecule has 1 amide bonds. The lowest BCUT2D eigenvalue weighted by Gasteiger charge is -2.09. The number of nitro benzene ring substituents is 1. The summed E-state index contributed by atoms with van der Waals surface area (Å²) >= 11 is 0. The van der Waals surface area contributed by atoms with Gasteiger partial charge < -0.3 is 14.8 Å². The van der Waals surface area contributed by atoms with Crippen LogP contribution in [0.3, 0.4) is 0 Å². The molecule has 0 heterocycles. The van der Waals surface area contributed by atoms with Crippen molar-refractivity contribution in [1.29, 1.82) is 0 Å². The minimum Gasteiger partial charge on any atom is -0.490 e. The van der Waals surface area contributed by atoms with Gasteiger partial charge in [0.1, 0.15) is 0 Å². The van der Waals surface area contributed by atoms with Crippen molar-refractivity contribution in [2.75, 3.05) is 13.7 Å². The van der Waals surface area contributed by atoms with Gasteiger partial charge >= 0.3 is 11.7 Å². The molecule has 0 aliphatic rings. The summed E-state index contributed by atoms with van der Waals surface area (Å²) in [7, 11) is 1.29. The Balaban J connectivity index is 2.77. The minimum atomic E-state index is -0.820. The van der Waals surface area contributed by atoms with Crippen LogP contribution >= 0.6 is 0 Å². The maximum Gasteiger partial charge on any atom is 0.338 e. The molecule has 0 atom stereocenters. The zero-order valence-electron chi connectivity index (χ0n) is 11.9. The number of carbonyl (C=O) groups is 2. The van der Waals surface area contributed by atoms with Gasteiger partial charge in [0.2, 0.25) is 0 Å². The van der Waals surface area contributed by atoms with Gasteiger partial charge in [-0.2, -0.15) is 0 Å². The van der Waals surface area contributed by atoms with Gasteiger partial charge in [-0.3, -0.25) is 14.9 Å². The molecule has 1 aromatic rings. The van der Waals surface area contributed by atoms with Crippen molar-refractivity contribution in [3.63, 3.8) is 0 Å². The molecular formula is C13H16N2O6. The van der Waals surface area contributed by atoms with Crippen LogP contribution in [0.1, 0.15) is 24.2 Å². The number of hydrogen-bond donors (Lipinski definition) is 1. The van der Waals surface area contributed by atoms with E-state index in [-0.39, 0.29) is 23.0 Å². The van der Waals surface area contributed by atoms with E-state index in [9.17, 15) is 19.7 Å². The third-order valence-corrected chi connectivity index (χ3v) is 2.40. The first kappa shape index (κ1) is 16.4. The van der Waals surface area contributed by atoms with Gasteiger partial charge in [0.25, 0.3) is 5.91 Å². The Hall–Kier alpha value is -2.64. The summed E-state index contributed by atoms with van der Waals surface area (Å²) < 4.78 is 9.61. The fourth-order valence-corrected chi connectivity index (χ4v) is 1.54. The van der Waals surface area contributed by atoms with Crippen LogP contribution < -0.4 is 10.1 Å². The summed E-state index contributed by atoms with van der Waals surface area (Å²) in [5.74, 6) is -1.23. The van der Waals surface area contributed by atoms with E-state index in [1.165, 1.54) is 19.2 Å². The van der Waals surface area contributed by atoms with Gasteiger partial charge in [-0.1, -0.05) is 0 Å². The van der Waals surface area contributed by atoms with E-state index < -0.39 is 23.4 Å². The van der Waals surface area contributed by atoms with E-state index in [1.807, 2.05) is 0 Å². The average molecular weight is 296 g/mol. The Kier molecular flexibility index (Phi) is 5.65. The van der Waals surface area contributed by atoms with E-state index in [4.69, 9.17) is 9.47 Å². The number of hydrogen-bond acceptors (Lipinski definition) is 6. The quantitative estimate of drug-likeness (QED) is 0.481. The SMILES string of the molecule is COc1ccc(C(=O)OCC(=O)NC(C)C)cc1[N+](=O)[O-]. The molecule has 0 saturated carbocycles. The predicted octanol–water partition coefficient (Wildman–Crippen LogP) is 1.28. The van der Waals surface area contributed by atoms with E-state index in [0.717, 1.165) is 6.07 Å². The second kappa shape index (κ2) is 7.22. The molecule has 1 aromatic carbocycles. The normalized spacial score (nSPS) is 10.1. The Morgan fingerprint density at radius 1 is 1.38 bits per heavy atom. The van der Waals surface area contributed by atoms with Crippen molar-refractivity contribution in [1.82, 2.24) is 5.32 Å².